The minimum atomic E-state index is 0.710. The predicted molar refractivity (Wildman–Crippen MR) is 113 cm³/mol. The minimum absolute atomic E-state index is 0.710. The Kier molecular flexibility index (Phi) is 5.75. The number of rotatable bonds is 6. The van der Waals surface area contributed by atoms with Crippen molar-refractivity contribution in [1.82, 2.24) is 14.9 Å². The van der Waals surface area contributed by atoms with Gasteiger partial charge in [0, 0.05) is 24.5 Å². The molecule has 0 bridgehead atoms. The second-order valence-corrected chi connectivity index (χ2v) is 8.25. The molecule has 1 fully saturated rings. The Morgan fingerprint density at radius 3 is 2.61 bits per heavy atom. The van der Waals surface area contributed by atoms with Gasteiger partial charge in [0.1, 0.15) is 22.2 Å². The third kappa shape index (κ3) is 4.11. The fourth-order valence-electron chi connectivity index (χ4n) is 3.38. The van der Waals surface area contributed by atoms with Gasteiger partial charge in [0.15, 0.2) is 0 Å². The van der Waals surface area contributed by atoms with E-state index in [1.165, 1.54) is 16.0 Å². The third-order valence-electron chi connectivity index (χ3n) is 5.16. The molecule has 1 aromatic carbocycles. The fourth-order valence-corrected chi connectivity index (χ4v) is 4.43. The lowest BCUT2D eigenvalue weighted by atomic mass is 10.2. The van der Waals surface area contributed by atoms with Gasteiger partial charge in [-0.15, -0.1) is 11.3 Å². The summed E-state index contributed by atoms with van der Waals surface area (Å²) in [6.07, 6.45) is 0. The number of methoxy groups -OCH3 is 1. The van der Waals surface area contributed by atoms with Crippen molar-refractivity contribution >= 4 is 27.4 Å². The second-order valence-electron chi connectivity index (χ2n) is 7.04. The molecule has 7 heteroatoms. The molecule has 3 heterocycles. The number of aryl methyl sites for hydroxylation is 2. The van der Waals surface area contributed by atoms with Crippen LogP contribution < -0.4 is 10.1 Å². The van der Waals surface area contributed by atoms with Crippen molar-refractivity contribution in [3.05, 3.63) is 46.1 Å². The Hall–Kier alpha value is -2.22. The van der Waals surface area contributed by atoms with Crippen molar-refractivity contribution < 1.29 is 9.47 Å². The van der Waals surface area contributed by atoms with Gasteiger partial charge in [-0.3, -0.25) is 4.90 Å². The molecule has 1 N–H and O–H groups in total. The van der Waals surface area contributed by atoms with E-state index in [1.54, 1.807) is 18.4 Å². The molecular formula is C21H26N4O2S. The van der Waals surface area contributed by atoms with Crippen LogP contribution in [-0.2, 0) is 17.8 Å². The molecule has 4 rings (SSSR count). The number of hydrogen-bond donors (Lipinski definition) is 1. The number of nitrogens with zero attached hydrogens (tertiary/aromatic N) is 3. The van der Waals surface area contributed by atoms with Gasteiger partial charge < -0.3 is 14.8 Å². The first-order valence-corrected chi connectivity index (χ1v) is 10.4. The predicted octanol–water partition coefficient (Wildman–Crippen LogP) is 3.76. The van der Waals surface area contributed by atoms with E-state index in [4.69, 9.17) is 19.4 Å². The maximum Gasteiger partial charge on any atom is 0.146 e. The standard InChI is InChI=1S/C21H26N4O2S/c1-14-15(2)28-21-19(14)20(22-12-16-4-6-17(26-3)7-5-16)23-18(24-21)13-25-8-10-27-11-9-25/h4-7H,8-13H2,1-3H3,(H,22,23,24). The van der Waals surface area contributed by atoms with Gasteiger partial charge in [0.25, 0.3) is 0 Å². The Morgan fingerprint density at radius 1 is 1.14 bits per heavy atom. The zero-order valence-corrected chi connectivity index (χ0v) is 17.4. The van der Waals surface area contributed by atoms with Crippen LogP contribution in [0.25, 0.3) is 10.2 Å². The van der Waals surface area contributed by atoms with Crippen LogP contribution in [0.1, 0.15) is 21.8 Å². The van der Waals surface area contributed by atoms with Gasteiger partial charge in [-0.25, -0.2) is 9.97 Å². The summed E-state index contributed by atoms with van der Waals surface area (Å²) >= 11 is 1.74. The molecule has 1 aliphatic rings. The molecule has 0 amide bonds. The van der Waals surface area contributed by atoms with Crippen molar-refractivity contribution in [3.8, 4) is 5.75 Å². The highest BCUT2D eigenvalue weighted by Crippen LogP contribution is 2.33. The van der Waals surface area contributed by atoms with E-state index in [2.05, 4.69) is 36.2 Å². The summed E-state index contributed by atoms with van der Waals surface area (Å²) in [6.45, 7) is 9.18. The molecule has 148 valence electrons. The average Bonchev–Trinajstić information content (AvgIpc) is 3.01. The van der Waals surface area contributed by atoms with Gasteiger partial charge in [-0.1, -0.05) is 12.1 Å². The van der Waals surface area contributed by atoms with E-state index in [-0.39, 0.29) is 0 Å². The summed E-state index contributed by atoms with van der Waals surface area (Å²) in [7, 11) is 1.68. The third-order valence-corrected chi connectivity index (χ3v) is 6.26. The second kappa shape index (κ2) is 8.43. The van der Waals surface area contributed by atoms with Gasteiger partial charge in [0.05, 0.1) is 32.3 Å². The Morgan fingerprint density at radius 2 is 1.89 bits per heavy atom. The molecule has 28 heavy (non-hydrogen) atoms. The number of aromatic nitrogens is 2. The van der Waals surface area contributed by atoms with Crippen LogP contribution in [0.5, 0.6) is 5.75 Å². The summed E-state index contributed by atoms with van der Waals surface area (Å²) in [5.41, 5.74) is 2.45. The van der Waals surface area contributed by atoms with Crippen LogP contribution in [0.15, 0.2) is 24.3 Å². The Balaban J connectivity index is 1.60. The molecule has 0 aliphatic carbocycles. The van der Waals surface area contributed by atoms with E-state index >= 15 is 0 Å². The number of nitrogens with one attached hydrogen (secondary N) is 1. The molecule has 2 aromatic heterocycles. The summed E-state index contributed by atoms with van der Waals surface area (Å²) in [4.78, 5) is 14.5. The highest BCUT2D eigenvalue weighted by molar-refractivity contribution is 7.18. The summed E-state index contributed by atoms with van der Waals surface area (Å²) < 4.78 is 10.7. The lowest BCUT2D eigenvalue weighted by Crippen LogP contribution is -2.36. The highest BCUT2D eigenvalue weighted by Gasteiger charge is 2.17. The normalized spacial score (nSPS) is 15.1. The monoisotopic (exact) mass is 398 g/mol. The van der Waals surface area contributed by atoms with Crippen LogP contribution in [0.3, 0.4) is 0 Å². The van der Waals surface area contributed by atoms with Crippen LogP contribution in [0, 0.1) is 13.8 Å². The van der Waals surface area contributed by atoms with Crippen molar-refractivity contribution in [2.24, 2.45) is 0 Å². The lowest BCUT2D eigenvalue weighted by Gasteiger charge is -2.25. The van der Waals surface area contributed by atoms with Crippen molar-refractivity contribution in [1.29, 1.82) is 0 Å². The molecule has 0 saturated carbocycles. The van der Waals surface area contributed by atoms with Crippen LogP contribution in [0.4, 0.5) is 5.82 Å². The molecule has 1 aliphatic heterocycles. The largest absolute Gasteiger partial charge is 0.497 e. The Bertz CT molecular complexity index is 949. The summed E-state index contributed by atoms with van der Waals surface area (Å²) in [5.74, 6) is 2.66. The maximum absolute atomic E-state index is 5.45. The van der Waals surface area contributed by atoms with Gasteiger partial charge in [0.2, 0.25) is 0 Å². The number of morpholine rings is 1. The molecule has 1 saturated heterocycles. The molecule has 0 radical (unpaired) electrons. The number of fused-ring (bicyclic) bond motifs is 1. The van der Waals surface area contributed by atoms with Crippen LogP contribution >= 0.6 is 11.3 Å². The van der Waals surface area contributed by atoms with E-state index < -0.39 is 0 Å². The molecule has 0 spiro atoms. The van der Waals surface area contributed by atoms with Gasteiger partial charge in [-0.05, 0) is 37.1 Å². The van der Waals surface area contributed by atoms with E-state index in [0.29, 0.717) is 6.54 Å². The van der Waals surface area contributed by atoms with Crippen molar-refractivity contribution in [2.45, 2.75) is 26.9 Å². The SMILES string of the molecule is COc1ccc(CNc2nc(CN3CCOCC3)nc3sc(C)c(C)c23)cc1. The maximum atomic E-state index is 5.45. The van der Waals surface area contributed by atoms with E-state index in [0.717, 1.165) is 60.5 Å². The number of thiophene rings is 1. The van der Waals surface area contributed by atoms with Crippen molar-refractivity contribution in [3.63, 3.8) is 0 Å². The molecule has 0 unspecified atom stereocenters. The number of ether oxygens (including phenoxy) is 2. The van der Waals surface area contributed by atoms with Gasteiger partial charge >= 0.3 is 0 Å². The smallest absolute Gasteiger partial charge is 0.146 e. The average molecular weight is 399 g/mol. The molecule has 3 aromatic rings. The highest BCUT2D eigenvalue weighted by atomic mass is 32.1. The topological polar surface area (TPSA) is 59.5 Å². The van der Waals surface area contributed by atoms with E-state index in [9.17, 15) is 0 Å². The number of benzene rings is 1. The molecule has 0 atom stereocenters. The quantitative estimate of drug-likeness (QED) is 0.682. The minimum Gasteiger partial charge on any atom is -0.497 e. The summed E-state index contributed by atoms with van der Waals surface area (Å²) in [5, 5.41) is 4.69. The first-order chi connectivity index (χ1) is 13.6. The number of hydrogen-bond acceptors (Lipinski definition) is 7. The van der Waals surface area contributed by atoms with Crippen LogP contribution in [-0.4, -0.2) is 48.3 Å². The van der Waals surface area contributed by atoms with E-state index in [1.807, 2.05) is 12.1 Å². The summed E-state index contributed by atoms with van der Waals surface area (Å²) in [6, 6.07) is 8.11. The lowest BCUT2D eigenvalue weighted by molar-refractivity contribution is 0.0331. The number of anilines is 1. The van der Waals surface area contributed by atoms with Crippen molar-refractivity contribution in [2.75, 3.05) is 38.7 Å². The Labute approximate surface area is 169 Å². The zero-order valence-electron chi connectivity index (χ0n) is 16.6. The molecule has 6 nitrogen and oxygen atoms in total. The zero-order chi connectivity index (χ0) is 19.5. The van der Waals surface area contributed by atoms with Crippen LogP contribution in [0.2, 0.25) is 0 Å². The first-order valence-electron chi connectivity index (χ1n) is 9.57. The first kappa shape index (κ1) is 19.1. The fraction of sp³-hybridized carbons (Fsp3) is 0.429. The molecular weight excluding hydrogens is 372 g/mol. The van der Waals surface area contributed by atoms with Gasteiger partial charge in [-0.2, -0.15) is 0 Å².